The van der Waals surface area contributed by atoms with Gasteiger partial charge >= 0.3 is 6.36 Å². The van der Waals surface area contributed by atoms with Gasteiger partial charge in [0.1, 0.15) is 5.75 Å². The highest BCUT2D eigenvalue weighted by Gasteiger charge is 2.34. The van der Waals surface area contributed by atoms with E-state index in [1.54, 1.807) is 12.1 Å². The Morgan fingerprint density at radius 1 is 1.32 bits per heavy atom. The van der Waals surface area contributed by atoms with E-state index < -0.39 is 6.36 Å². The Morgan fingerprint density at radius 3 is 2.59 bits per heavy atom. The summed E-state index contributed by atoms with van der Waals surface area (Å²) in [5, 5.41) is 3.27. The number of piperazine rings is 1. The van der Waals surface area contributed by atoms with Crippen LogP contribution >= 0.6 is 15.9 Å². The third kappa shape index (κ3) is 4.86. The smallest absolute Gasteiger partial charge is 0.405 e. The van der Waals surface area contributed by atoms with Crippen molar-refractivity contribution in [3.05, 3.63) is 28.2 Å². The predicted octanol–water partition coefficient (Wildman–Crippen LogP) is 4.09. The second-order valence-electron chi connectivity index (χ2n) is 5.32. The molecule has 0 saturated carbocycles. The Kier molecular flexibility index (Phi) is 6.11. The van der Waals surface area contributed by atoms with Gasteiger partial charge in [-0.15, -0.1) is 13.2 Å². The fraction of sp³-hybridized carbons (Fsp3) is 0.600. The van der Waals surface area contributed by atoms with Crippen LogP contribution in [-0.4, -0.2) is 37.4 Å². The second kappa shape index (κ2) is 7.66. The average Bonchev–Trinajstić information content (AvgIpc) is 2.46. The molecule has 1 N–H and O–H groups in total. The van der Waals surface area contributed by atoms with Crippen LogP contribution in [0.15, 0.2) is 22.7 Å². The zero-order valence-corrected chi connectivity index (χ0v) is 14.0. The molecule has 0 aromatic heterocycles. The van der Waals surface area contributed by atoms with Crippen LogP contribution in [0.3, 0.4) is 0 Å². The van der Waals surface area contributed by atoms with Gasteiger partial charge in [-0.25, -0.2) is 0 Å². The Hall–Kier alpha value is -0.790. The molecule has 124 valence electrons. The summed E-state index contributed by atoms with van der Waals surface area (Å²) in [5.74, 6) is -0.104. The Morgan fingerprint density at radius 2 is 2.00 bits per heavy atom. The number of hydrogen-bond donors (Lipinski definition) is 1. The van der Waals surface area contributed by atoms with Crippen LogP contribution in [0.25, 0.3) is 0 Å². The van der Waals surface area contributed by atoms with Crippen LogP contribution in [-0.2, 0) is 0 Å². The minimum Gasteiger partial charge on any atom is -0.405 e. The van der Waals surface area contributed by atoms with Gasteiger partial charge in [-0.3, -0.25) is 4.90 Å². The first kappa shape index (κ1) is 17.6. The van der Waals surface area contributed by atoms with Crippen LogP contribution in [0.2, 0.25) is 0 Å². The molecule has 0 bridgehead atoms. The number of nitrogens with one attached hydrogen (secondary N) is 1. The normalized spacial score (nSPS) is 18.2. The monoisotopic (exact) mass is 380 g/mol. The first-order valence-corrected chi connectivity index (χ1v) is 8.20. The van der Waals surface area contributed by atoms with Crippen molar-refractivity contribution in [1.82, 2.24) is 10.2 Å². The van der Waals surface area contributed by atoms with Gasteiger partial charge in [-0.05, 0) is 24.6 Å². The summed E-state index contributed by atoms with van der Waals surface area (Å²) in [7, 11) is 0. The lowest BCUT2D eigenvalue weighted by Crippen LogP contribution is -2.45. The molecule has 1 atom stereocenters. The minimum atomic E-state index is -4.68. The van der Waals surface area contributed by atoms with Crippen LogP contribution in [0.1, 0.15) is 31.4 Å². The third-order valence-corrected chi connectivity index (χ3v) is 4.20. The zero-order chi connectivity index (χ0) is 16.2. The van der Waals surface area contributed by atoms with Crippen molar-refractivity contribution in [3.8, 4) is 5.75 Å². The van der Waals surface area contributed by atoms with E-state index in [1.807, 2.05) is 6.92 Å². The van der Waals surface area contributed by atoms with E-state index in [0.29, 0.717) is 5.56 Å². The highest BCUT2D eigenvalue weighted by Crippen LogP contribution is 2.37. The van der Waals surface area contributed by atoms with Gasteiger partial charge in [-0.2, -0.15) is 0 Å². The molecule has 1 aliphatic rings. The molecule has 1 fully saturated rings. The molecular weight excluding hydrogens is 361 g/mol. The molecule has 2 rings (SSSR count). The average molecular weight is 381 g/mol. The van der Waals surface area contributed by atoms with E-state index in [0.717, 1.165) is 43.5 Å². The molecule has 1 saturated heterocycles. The molecule has 1 aliphatic heterocycles. The lowest BCUT2D eigenvalue weighted by Gasteiger charge is -2.36. The van der Waals surface area contributed by atoms with E-state index >= 15 is 0 Å². The van der Waals surface area contributed by atoms with E-state index in [-0.39, 0.29) is 11.8 Å². The highest BCUT2D eigenvalue weighted by atomic mass is 79.9. The van der Waals surface area contributed by atoms with E-state index in [9.17, 15) is 13.2 Å². The van der Waals surface area contributed by atoms with Gasteiger partial charge in [0, 0.05) is 42.3 Å². The van der Waals surface area contributed by atoms with Crippen molar-refractivity contribution in [3.63, 3.8) is 0 Å². The fourth-order valence-corrected chi connectivity index (χ4v) is 3.18. The van der Waals surface area contributed by atoms with Crippen molar-refractivity contribution >= 4 is 15.9 Å². The quantitative estimate of drug-likeness (QED) is 0.832. The summed E-state index contributed by atoms with van der Waals surface area (Å²) in [6, 6.07) is 4.63. The molecule has 0 radical (unpaired) electrons. The first-order chi connectivity index (χ1) is 10.4. The maximum absolute atomic E-state index is 12.7. The van der Waals surface area contributed by atoms with Crippen LogP contribution < -0.4 is 10.1 Å². The Labute approximate surface area is 136 Å². The summed E-state index contributed by atoms with van der Waals surface area (Å²) >= 11 is 3.35. The van der Waals surface area contributed by atoms with Crippen molar-refractivity contribution in [2.75, 3.05) is 26.2 Å². The topological polar surface area (TPSA) is 24.5 Å². The molecule has 0 unspecified atom stereocenters. The van der Waals surface area contributed by atoms with Gasteiger partial charge < -0.3 is 10.1 Å². The van der Waals surface area contributed by atoms with Crippen molar-refractivity contribution in [2.24, 2.45) is 0 Å². The summed E-state index contributed by atoms with van der Waals surface area (Å²) in [4.78, 5) is 2.23. The fourth-order valence-electron chi connectivity index (χ4n) is 2.80. The standard InChI is InChI=1S/C15H20BrF3N2O/c1-2-3-13(21-8-6-20-7-9-21)12-10-11(16)4-5-14(12)22-15(17,18)19/h4-5,10,13,20H,2-3,6-9H2,1H3/t13-/m0/s1. The van der Waals surface area contributed by atoms with Crippen molar-refractivity contribution in [2.45, 2.75) is 32.2 Å². The van der Waals surface area contributed by atoms with Crippen molar-refractivity contribution < 1.29 is 17.9 Å². The molecule has 0 spiro atoms. The number of halogens is 4. The number of ether oxygens (including phenoxy) is 1. The molecular formula is C15H20BrF3N2O. The van der Waals surface area contributed by atoms with E-state index in [1.165, 1.54) is 6.07 Å². The number of nitrogens with zero attached hydrogens (tertiary/aromatic N) is 1. The van der Waals surface area contributed by atoms with Crippen LogP contribution in [0.5, 0.6) is 5.75 Å². The molecule has 1 aromatic carbocycles. The molecule has 1 aromatic rings. The summed E-state index contributed by atoms with van der Waals surface area (Å²) < 4.78 is 43.0. The largest absolute Gasteiger partial charge is 0.573 e. The van der Waals surface area contributed by atoms with Gasteiger partial charge in [0.25, 0.3) is 0 Å². The second-order valence-corrected chi connectivity index (χ2v) is 6.24. The van der Waals surface area contributed by atoms with E-state index in [2.05, 4.69) is 30.9 Å². The number of rotatable bonds is 5. The minimum absolute atomic E-state index is 0.0676. The predicted molar refractivity (Wildman–Crippen MR) is 82.9 cm³/mol. The summed E-state index contributed by atoms with van der Waals surface area (Å²) in [6.45, 7) is 5.39. The highest BCUT2D eigenvalue weighted by molar-refractivity contribution is 9.10. The number of hydrogen-bond acceptors (Lipinski definition) is 3. The zero-order valence-electron chi connectivity index (χ0n) is 12.4. The molecule has 0 amide bonds. The summed E-state index contributed by atoms with van der Waals surface area (Å²) in [6.07, 6.45) is -2.99. The van der Waals surface area contributed by atoms with Crippen molar-refractivity contribution in [1.29, 1.82) is 0 Å². The van der Waals surface area contributed by atoms with Gasteiger partial charge in [-0.1, -0.05) is 29.3 Å². The third-order valence-electron chi connectivity index (χ3n) is 3.71. The van der Waals surface area contributed by atoms with Crippen LogP contribution in [0.4, 0.5) is 13.2 Å². The maximum atomic E-state index is 12.7. The number of benzene rings is 1. The molecule has 7 heteroatoms. The van der Waals surface area contributed by atoms with Gasteiger partial charge in [0.05, 0.1) is 0 Å². The van der Waals surface area contributed by atoms with E-state index in [4.69, 9.17) is 0 Å². The van der Waals surface area contributed by atoms with Gasteiger partial charge in [0.2, 0.25) is 0 Å². The SMILES string of the molecule is CCC[C@@H](c1cc(Br)ccc1OC(F)(F)F)N1CCNCC1. The maximum Gasteiger partial charge on any atom is 0.573 e. The molecule has 3 nitrogen and oxygen atoms in total. The van der Waals surface area contributed by atoms with Gasteiger partial charge in [0.15, 0.2) is 0 Å². The molecule has 0 aliphatic carbocycles. The summed E-state index contributed by atoms with van der Waals surface area (Å²) in [5.41, 5.74) is 0.593. The first-order valence-electron chi connectivity index (χ1n) is 7.40. The lowest BCUT2D eigenvalue weighted by atomic mass is 9.99. The Bertz CT molecular complexity index is 490. The van der Waals surface area contributed by atoms with Crippen LogP contribution in [0, 0.1) is 0 Å². The molecule has 1 heterocycles. The molecule has 22 heavy (non-hydrogen) atoms. The lowest BCUT2D eigenvalue weighted by molar-refractivity contribution is -0.275. The Balaban J connectivity index is 2.33. The number of alkyl halides is 3.